The van der Waals surface area contributed by atoms with Crippen LogP contribution in [0.1, 0.15) is 24.4 Å². The summed E-state index contributed by atoms with van der Waals surface area (Å²) < 4.78 is 9.84. The monoisotopic (exact) mass is 573 g/mol. The van der Waals surface area contributed by atoms with Crippen molar-refractivity contribution in [3.8, 4) is 23.4 Å². The number of ether oxygens (including phenoxy) is 1. The van der Waals surface area contributed by atoms with E-state index < -0.39 is 8.07 Å². The van der Waals surface area contributed by atoms with Gasteiger partial charge in [0, 0.05) is 63.2 Å². The van der Waals surface area contributed by atoms with Gasteiger partial charge in [-0.25, -0.2) is 15.0 Å². The summed E-state index contributed by atoms with van der Waals surface area (Å²) in [5, 5.41) is 25.1. The third kappa shape index (κ3) is 5.87. The van der Waals surface area contributed by atoms with Crippen molar-refractivity contribution in [2.75, 3.05) is 24.6 Å². The van der Waals surface area contributed by atoms with Gasteiger partial charge in [-0.3, -0.25) is 4.68 Å². The van der Waals surface area contributed by atoms with E-state index in [1.165, 1.54) is 0 Å². The van der Waals surface area contributed by atoms with Crippen molar-refractivity contribution in [1.82, 2.24) is 29.3 Å². The average Bonchev–Trinajstić information content (AvgIpc) is 3.69. The minimum Gasteiger partial charge on any atom is -0.370 e. The number of aromatic nitrogens is 6. The van der Waals surface area contributed by atoms with Crippen molar-refractivity contribution in [3.63, 3.8) is 0 Å². The summed E-state index contributed by atoms with van der Waals surface area (Å²) in [4.78, 5) is 15.3. The molecule has 0 saturated carbocycles. The Bertz CT molecular complexity index is 1580. The van der Waals surface area contributed by atoms with E-state index in [1.54, 1.807) is 18.7 Å². The van der Waals surface area contributed by atoms with Gasteiger partial charge in [-0.05, 0) is 24.6 Å². The van der Waals surface area contributed by atoms with Crippen molar-refractivity contribution in [1.29, 1.82) is 10.5 Å². The Kier molecular flexibility index (Phi) is 8.17. The van der Waals surface area contributed by atoms with E-state index in [4.69, 9.17) is 16.3 Å². The number of nitrogens with zero attached hydrogens (tertiary/aromatic N) is 9. The van der Waals surface area contributed by atoms with Gasteiger partial charge in [0.15, 0.2) is 0 Å². The van der Waals surface area contributed by atoms with Crippen LogP contribution < -0.4 is 4.90 Å². The van der Waals surface area contributed by atoms with E-state index in [9.17, 15) is 10.5 Å². The highest BCUT2D eigenvalue weighted by Crippen LogP contribution is 2.36. The molecule has 4 aromatic heterocycles. The SMILES string of the molecule is C[Si](C)(C)CCOCn1ccc2c(-c3cnn([C@@H](CC#N)[C@H]4CCN(c5ccnc(Cl)c5C#N)C4)c3)ncnc21. The molecule has 0 aliphatic carbocycles. The van der Waals surface area contributed by atoms with Gasteiger partial charge in [-0.15, -0.1) is 0 Å². The molecular weight excluding hydrogens is 542 g/mol. The van der Waals surface area contributed by atoms with Crippen molar-refractivity contribution in [3.05, 3.63) is 54.0 Å². The molecule has 5 heterocycles. The van der Waals surface area contributed by atoms with Gasteiger partial charge in [0.2, 0.25) is 0 Å². The van der Waals surface area contributed by atoms with Crippen molar-refractivity contribution in [2.45, 2.75) is 51.3 Å². The first kappa shape index (κ1) is 27.8. The molecule has 0 N–H and O–H groups in total. The molecule has 40 heavy (non-hydrogen) atoms. The van der Waals surface area contributed by atoms with Crippen LogP contribution in [-0.2, 0) is 11.5 Å². The number of hydrogen-bond donors (Lipinski definition) is 0. The Labute approximate surface area is 239 Å². The largest absolute Gasteiger partial charge is 0.370 e. The van der Waals surface area contributed by atoms with Gasteiger partial charge in [-0.1, -0.05) is 31.2 Å². The van der Waals surface area contributed by atoms with Gasteiger partial charge in [0.1, 0.15) is 35.5 Å². The first-order valence-electron chi connectivity index (χ1n) is 13.4. The van der Waals surface area contributed by atoms with Crippen molar-refractivity contribution in [2.24, 2.45) is 5.92 Å². The molecule has 4 aromatic rings. The molecule has 5 rings (SSSR count). The summed E-state index contributed by atoms with van der Waals surface area (Å²) in [5.41, 5.74) is 3.64. The van der Waals surface area contributed by atoms with Gasteiger partial charge >= 0.3 is 0 Å². The second-order valence-electron chi connectivity index (χ2n) is 11.3. The van der Waals surface area contributed by atoms with Crippen LogP contribution in [0.4, 0.5) is 5.69 Å². The number of nitriles is 2. The highest BCUT2D eigenvalue weighted by molar-refractivity contribution is 6.76. The van der Waals surface area contributed by atoms with Crippen molar-refractivity contribution < 1.29 is 4.74 Å². The van der Waals surface area contributed by atoms with Crippen LogP contribution in [0, 0.1) is 28.6 Å². The van der Waals surface area contributed by atoms with E-state index in [-0.39, 0.29) is 17.1 Å². The summed E-state index contributed by atoms with van der Waals surface area (Å²) in [6.45, 7) is 9.66. The Morgan fingerprint density at radius 2 is 2.05 bits per heavy atom. The molecule has 0 radical (unpaired) electrons. The lowest BCUT2D eigenvalue weighted by molar-refractivity contribution is 0.0899. The zero-order chi connectivity index (χ0) is 28.3. The molecular formula is C28H32ClN9OSi. The van der Waals surface area contributed by atoms with Crippen LogP contribution in [-0.4, -0.2) is 57.1 Å². The highest BCUT2D eigenvalue weighted by atomic mass is 35.5. The number of halogens is 1. The van der Waals surface area contributed by atoms with Crippen molar-refractivity contribution >= 4 is 36.4 Å². The van der Waals surface area contributed by atoms with Crippen LogP contribution in [0.2, 0.25) is 30.8 Å². The quantitative estimate of drug-likeness (QED) is 0.138. The fourth-order valence-electron chi connectivity index (χ4n) is 5.20. The average molecular weight is 574 g/mol. The number of rotatable bonds is 10. The highest BCUT2D eigenvalue weighted by Gasteiger charge is 2.33. The molecule has 1 aliphatic heterocycles. The predicted octanol–water partition coefficient (Wildman–Crippen LogP) is 5.51. The summed E-state index contributed by atoms with van der Waals surface area (Å²) in [6, 6.07) is 9.35. The standard InChI is InChI=1S/C28H32ClN9OSi/c1-40(2,3)13-12-39-19-37-11-7-22-26(33-18-34-28(22)37)21-15-35-38(17-21)24(4-8-30)20-6-10-36(16-20)25-5-9-32-27(29)23(25)14-31/h5,7,9,11,15,17-18,20,24H,4,6,10,12-13,16,19H2,1-3H3/t20-,24-/m0/s1. The lowest BCUT2D eigenvalue weighted by Crippen LogP contribution is -2.25. The molecule has 0 amide bonds. The number of anilines is 1. The van der Waals surface area contributed by atoms with E-state index in [0.717, 1.165) is 53.6 Å². The molecule has 0 aromatic carbocycles. The van der Waals surface area contributed by atoms with Gasteiger partial charge in [-0.2, -0.15) is 15.6 Å². The summed E-state index contributed by atoms with van der Waals surface area (Å²) >= 11 is 6.17. The number of fused-ring (bicyclic) bond motifs is 1. The minimum atomic E-state index is -1.15. The van der Waals surface area contributed by atoms with Crippen LogP contribution in [0.15, 0.2) is 43.2 Å². The maximum atomic E-state index is 9.65. The molecule has 1 aliphatic rings. The predicted molar refractivity (Wildman–Crippen MR) is 156 cm³/mol. The zero-order valence-corrected chi connectivity index (χ0v) is 24.7. The van der Waals surface area contributed by atoms with E-state index in [2.05, 4.69) is 56.7 Å². The second-order valence-corrected chi connectivity index (χ2v) is 17.3. The van der Waals surface area contributed by atoms with E-state index in [0.29, 0.717) is 25.3 Å². The Morgan fingerprint density at radius 3 is 2.83 bits per heavy atom. The van der Waals surface area contributed by atoms with E-state index >= 15 is 0 Å². The summed E-state index contributed by atoms with van der Waals surface area (Å²) in [6.07, 6.45) is 10.1. The number of hydrogen-bond acceptors (Lipinski definition) is 8. The first-order chi connectivity index (χ1) is 19.3. The Balaban J connectivity index is 1.34. The molecule has 2 atom stereocenters. The van der Waals surface area contributed by atoms with E-state index in [1.807, 2.05) is 33.8 Å². The van der Waals surface area contributed by atoms with Crippen LogP contribution >= 0.6 is 11.6 Å². The molecule has 1 fully saturated rings. The maximum Gasteiger partial charge on any atom is 0.148 e. The van der Waals surface area contributed by atoms with Gasteiger partial charge < -0.3 is 14.2 Å². The fraction of sp³-hybridized carbons (Fsp3) is 0.429. The maximum absolute atomic E-state index is 9.65. The van der Waals surface area contributed by atoms with Crippen LogP contribution in [0.3, 0.4) is 0 Å². The molecule has 12 heteroatoms. The minimum absolute atomic E-state index is 0.117. The second kappa shape index (κ2) is 11.8. The normalized spacial score (nSPS) is 16.2. The molecule has 0 bridgehead atoms. The van der Waals surface area contributed by atoms with Gasteiger partial charge in [0.05, 0.1) is 36.1 Å². The fourth-order valence-corrected chi connectivity index (χ4v) is 6.16. The number of pyridine rings is 1. The molecule has 0 unspecified atom stereocenters. The third-order valence-electron chi connectivity index (χ3n) is 7.40. The van der Waals surface area contributed by atoms with Crippen LogP contribution in [0.5, 0.6) is 0 Å². The molecule has 1 saturated heterocycles. The molecule has 206 valence electrons. The molecule has 0 spiro atoms. The summed E-state index contributed by atoms with van der Waals surface area (Å²) in [5.74, 6) is 0.172. The van der Waals surface area contributed by atoms with Crippen LogP contribution in [0.25, 0.3) is 22.3 Å². The zero-order valence-electron chi connectivity index (χ0n) is 23.0. The Morgan fingerprint density at radius 1 is 1.20 bits per heavy atom. The lowest BCUT2D eigenvalue weighted by atomic mass is 9.96. The first-order valence-corrected chi connectivity index (χ1v) is 17.5. The van der Waals surface area contributed by atoms with Gasteiger partial charge in [0.25, 0.3) is 0 Å². The third-order valence-corrected chi connectivity index (χ3v) is 9.39. The topological polar surface area (TPSA) is 121 Å². The smallest absolute Gasteiger partial charge is 0.148 e. The molecule has 10 nitrogen and oxygen atoms in total. The Hall–Kier alpha value is -3.77. The lowest BCUT2D eigenvalue weighted by Gasteiger charge is -2.24. The summed E-state index contributed by atoms with van der Waals surface area (Å²) in [7, 11) is -1.15.